The summed E-state index contributed by atoms with van der Waals surface area (Å²) in [6.07, 6.45) is 0. The summed E-state index contributed by atoms with van der Waals surface area (Å²) in [7, 11) is 0. The quantitative estimate of drug-likeness (QED) is 0.666. The molecule has 0 aliphatic carbocycles. The third kappa shape index (κ3) is 2.08. The number of rotatable bonds is 2. The Hall–Kier alpha value is -1.78. The minimum Gasteiger partial charge on any atom is -0.368 e. The number of ketones is 2. The number of carbonyl (C=O) groups excluding carboxylic acids is 2. The smallest absolute Gasteiger partial charge is 0.221 e. The molecule has 0 fully saturated rings. The number of Topliss-reactive ketones (excluding diaryl/α,β-unsaturated/α-hetero) is 2. The number of nitrogens with zero attached hydrogens (tertiary/aromatic N) is 2. The Balaban J connectivity index is 3.26. The molecule has 0 aliphatic heterocycles. The first kappa shape index (κ1) is 9.31. The van der Waals surface area contributed by atoms with E-state index in [1.807, 2.05) is 0 Å². The molecular weight excluding hydrogens is 170 g/mol. The van der Waals surface area contributed by atoms with Gasteiger partial charge in [0.05, 0.1) is 0 Å². The van der Waals surface area contributed by atoms with Gasteiger partial charge >= 0.3 is 0 Å². The van der Waals surface area contributed by atoms with Crippen LogP contribution in [0.5, 0.6) is 0 Å². The van der Waals surface area contributed by atoms with Crippen molar-refractivity contribution in [2.75, 3.05) is 5.73 Å². The van der Waals surface area contributed by atoms with Crippen LogP contribution in [-0.4, -0.2) is 21.5 Å². The van der Waals surface area contributed by atoms with E-state index in [0.717, 1.165) is 0 Å². The molecule has 0 radical (unpaired) electrons. The first-order valence-electron chi connectivity index (χ1n) is 3.67. The zero-order valence-electron chi connectivity index (χ0n) is 7.37. The third-order valence-electron chi connectivity index (χ3n) is 1.46. The van der Waals surface area contributed by atoms with Crippen LogP contribution in [0.1, 0.15) is 34.8 Å². The largest absolute Gasteiger partial charge is 0.368 e. The minimum atomic E-state index is -0.239. The van der Waals surface area contributed by atoms with Crippen molar-refractivity contribution in [1.82, 2.24) is 9.97 Å². The highest BCUT2D eigenvalue weighted by Gasteiger charge is 2.08. The topological polar surface area (TPSA) is 85.9 Å². The van der Waals surface area contributed by atoms with E-state index in [4.69, 9.17) is 5.73 Å². The van der Waals surface area contributed by atoms with E-state index in [9.17, 15) is 9.59 Å². The van der Waals surface area contributed by atoms with Gasteiger partial charge < -0.3 is 5.73 Å². The minimum absolute atomic E-state index is 0.0575. The van der Waals surface area contributed by atoms with E-state index in [0.29, 0.717) is 0 Å². The molecule has 1 aromatic rings. The van der Waals surface area contributed by atoms with Crippen LogP contribution in [0.4, 0.5) is 5.95 Å². The second kappa shape index (κ2) is 3.30. The number of nitrogens with two attached hydrogens (primary N) is 1. The van der Waals surface area contributed by atoms with Gasteiger partial charge in [-0.25, -0.2) is 9.97 Å². The maximum Gasteiger partial charge on any atom is 0.221 e. The van der Waals surface area contributed by atoms with Crippen LogP contribution in [0.15, 0.2) is 6.07 Å². The van der Waals surface area contributed by atoms with Gasteiger partial charge in [-0.05, 0) is 6.07 Å². The average Bonchev–Trinajstić information content (AvgIpc) is 2.03. The van der Waals surface area contributed by atoms with E-state index in [1.54, 1.807) is 0 Å². The van der Waals surface area contributed by atoms with Crippen LogP contribution >= 0.6 is 0 Å². The lowest BCUT2D eigenvalue weighted by Gasteiger charge is -1.99. The molecule has 13 heavy (non-hydrogen) atoms. The number of anilines is 1. The van der Waals surface area contributed by atoms with Crippen molar-refractivity contribution in [2.24, 2.45) is 0 Å². The Bertz CT molecular complexity index is 341. The van der Waals surface area contributed by atoms with Gasteiger partial charge in [-0.1, -0.05) is 0 Å². The first-order chi connectivity index (χ1) is 6.00. The number of nitrogen functional groups attached to an aromatic ring is 1. The van der Waals surface area contributed by atoms with Crippen molar-refractivity contribution in [2.45, 2.75) is 13.8 Å². The Morgan fingerprint density at radius 3 is 1.85 bits per heavy atom. The molecule has 0 amide bonds. The van der Waals surface area contributed by atoms with Gasteiger partial charge in [0, 0.05) is 13.8 Å². The molecule has 0 saturated heterocycles. The summed E-state index contributed by atoms with van der Waals surface area (Å²) < 4.78 is 0. The number of hydrogen-bond acceptors (Lipinski definition) is 5. The molecule has 2 N–H and O–H groups in total. The van der Waals surface area contributed by atoms with Crippen molar-refractivity contribution in [3.63, 3.8) is 0 Å². The fourth-order valence-corrected chi connectivity index (χ4v) is 0.827. The fourth-order valence-electron chi connectivity index (χ4n) is 0.827. The van der Waals surface area contributed by atoms with Gasteiger partial charge in [-0.3, -0.25) is 9.59 Å². The van der Waals surface area contributed by atoms with Crippen LogP contribution in [0.2, 0.25) is 0 Å². The van der Waals surface area contributed by atoms with E-state index in [-0.39, 0.29) is 28.9 Å². The fraction of sp³-hybridized carbons (Fsp3) is 0.250. The summed E-state index contributed by atoms with van der Waals surface area (Å²) in [6.45, 7) is 2.71. The highest BCUT2D eigenvalue weighted by molar-refractivity contribution is 5.97. The Labute approximate surface area is 75.0 Å². The standard InChI is InChI=1S/C8H9N3O2/c1-4(12)6-3-7(5(2)13)11-8(9)10-6/h3H,1-2H3,(H2,9,10,11). The maximum absolute atomic E-state index is 10.9. The van der Waals surface area contributed by atoms with Crippen LogP contribution < -0.4 is 5.73 Å². The number of hydrogen-bond donors (Lipinski definition) is 1. The van der Waals surface area contributed by atoms with Crippen LogP contribution in [-0.2, 0) is 0 Å². The highest BCUT2D eigenvalue weighted by atomic mass is 16.1. The van der Waals surface area contributed by atoms with E-state index >= 15 is 0 Å². The van der Waals surface area contributed by atoms with Crippen LogP contribution in [0, 0.1) is 0 Å². The Morgan fingerprint density at radius 2 is 1.54 bits per heavy atom. The summed E-state index contributed by atoms with van der Waals surface area (Å²) in [4.78, 5) is 29.2. The van der Waals surface area contributed by atoms with Gasteiger partial charge in [0.15, 0.2) is 11.6 Å². The zero-order valence-corrected chi connectivity index (χ0v) is 7.37. The predicted molar refractivity (Wildman–Crippen MR) is 46.5 cm³/mol. The Morgan fingerprint density at radius 1 is 1.15 bits per heavy atom. The van der Waals surface area contributed by atoms with E-state index in [2.05, 4.69) is 9.97 Å². The van der Waals surface area contributed by atoms with E-state index < -0.39 is 0 Å². The first-order valence-corrected chi connectivity index (χ1v) is 3.67. The molecule has 0 bridgehead atoms. The average molecular weight is 179 g/mol. The van der Waals surface area contributed by atoms with Gasteiger partial charge in [0.2, 0.25) is 5.95 Å². The van der Waals surface area contributed by atoms with Crippen LogP contribution in [0.3, 0.4) is 0 Å². The van der Waals surface area contributed by atoms with Crippen LogP contribution in [0.25, 0.3) is 0 Å². The molecular formula is C8H9N3O2. The van der Waals surface area contributed by atoms with Crippen molar-refractivity contribution >= 4 is 17.5 Å². The SMILES string of the molecule is CC(=O)c1cc(C(C)=O)nc(N)n1. The molecule has 0 aromatic carbocycles. The lowest BCUT2D eigenvalue weighted by atomic mass is 10.2. The molecule has 0 saturated carbocycles. The summed E-state index contributed by atoms with van der Waals surface area (Å²) in [5.41, 5.74) is 5.64. The lowest BCUT2D eigenvalue weighted by molar-refractivity contribution is 0.101. The normalized spacial score (nSPS) is 9.69. The molecule has 1 heterocycles. The van der Waals surface area contributed by atoms with Crippen molar-refractivity contribution in [3.05, 3.63) is 17.5 Å². The van der Waals surface area contributed by atoms with Gasteiger partial charge in [-0.15, -0.1) is 0 Å². The monoisotopic (exact) mass is 179 g/mol. The predicted octanol–water partition coefficient (Wildman–Crippen LogP) is 0.464. The molecule has 1 rings (SSSR count). The van der Waals surface area contributed by atoms with Gasteiger partial charge in [0.25, 0.3) is 0 Å². The van der Waals surface area contributed by atoms with Gasteiger partial charge in [0.1, 0.15) is 11.4 Å². The summed E-state index contributed by atoms with van der Waals surface area (Å²) in [5, 5.41) is 0. The second-order valence-electron chi connectivity index (χ2n) is 2.61. The van der Waals surface area contributed by atoms with Gasteiger partial charge in [-0.2, -0.15) is 0 Å². The molecule has 0 atom stereocenters. The molecule has 5 heteroatoms. The summed E-state index contributed by atoms with van der Waals surface area (Å²) in [6, 6.07) is 1.33. The molecule has 0 unspecified atom stereocenters. The van der Waals surface area contributed by atoms with Crippen molar-refractivity contribution < 1.29 is 9.59 Å². The zero-order chi connectivity index (χ0) is 10.0. The Kier molecular flexibility index (Phi) is 2.36. The molecule has 1 aromatic heterocycles. The van der Waals surface area contributed by atoms with E-state index in [1.165, 1.54) is 19.9 Å². The second-order valence-corrected chi connectivity index (χ2v) is 2.61. The molecule has 0 spiro atoms. The number of carbonyl (C=O) groups is 2. The molecule has 5 nitrogen and oxygen atoms in total. The summed E-state index contributed by atoms with van der Waals surface area (Å²) >= 11 is 0. The highest BCUT2D eigenvalue weighted by Crippen LogP contribution is 2.04. The molecule has 0 aliphatic rings. The maximum atomic E-state index is 10.9. The third-order valence-corrected chi connectivity index (χ3v) is 1.46. The summed E-state index contributed by atoms with van der Waals surface area (Å²) in [5.74, 6) is -0.536. The van der Waals surface area contributed by atoms with Crippen molar-refractivity contribution in [1.29, 1.82) is 0 Å². The van der Waals surface area contributed by atoms with Crippen molar-refractivity contribution in [3.8, 4) is 0 Å². The number of aromatic nitrogens is 2. The molecule has 68 valence electrons. The lowest BCUT2D eigenvalue weighted by Crippen LogP contribution is -2.08.